The van der Waals surface area contributed by atoms with E-state index in [0.29, 0.717) is 0 Å². The van der Waals surface area contributed by atoms with Gasteiger partial charge in [0.2, 0.25) is 0 Å². The summed E-state index contributed by atoms with van der Waals surface area (Å²) in [6.45, 7) is 6.12. The summed E-state index contributed by atoms with van der Waals surface area (Å²) in [6.07, 6.45) is 0. The quantitative estimate of drug-likeness (QED) is 0.678. The Morgan fingerprint density at radius 2 is 1.86 bits per heavy atom. The van der Waals surface area contributed by atoms with Crippen molar-refractivity contribution in [2.75, 3.05) is 5.73 Å². The second kappa shape index (κ2) is 3.58. The zero-order valence-corrected chi connectivity index (χ0v) is 8.84. The SMILES string of the molecule is CC(C)(C)[C@@H](N)c1ccc(F)c(N)c1. The predicted octanol–water partition coefficient (Wildman–Crippen LogP) is 2.45. The predicted molar refractivity (Wildman–Crippen MR) is 57.2 cm³/mol. The standard InChI is InChI=1S/C11H17FN2/c1-11(2,3)10(14)7-4-5-8(12)9(13)6-7/h4-6,10H,13-14H2,1-3H3/t10-/m0/s1. The van der Waals surface area contributed by atoms with Crippen LogP contribution in [0.25, 0.3) is 0 Å². The number of nitrogen functional groups attached to an aromatic ring is 1. The van der Waals surface area contributed by atoms with E-state index in [2.05, 4.69) is 0 Å². The average molecular weight is 196 g/mol. The van der Waals surface area contributed by atoms with E-state index in [-0.39, 0.29) is 17.1 Å². The minimum absolute atomic E-state index is 0.0513. The molecular weight excluding hydrogens is 179 g/mol. The Bertz CT molecular complexity index is 329. The van der Waals surface area contributed by atoms with Gasteiger partial charge in [-0.05, 0) is 23.1 Å². The third-order valence-electron chi connectivity index (χ3n) is 2.31. The fourth-order valence-electron chi connectivity index (χ4n) is 1.26. The van der Waals surface area contributed by atoms with Gasteiger partial charge >= 0.3 is 0 Å². The molecule has 0 spiro atoms. The van der Waals surface area contributed by atoms with Crippen LogP contribution in [-0.4, -0.2) is 0 Å². The lowest BCUT2D eigenvalue weighted by molar-refractivity contribution is 0.327. The molecule has 1 atom stereocenters. The first-order chi connectivity index (χ1) is 6.32. The van der Waals surface area contributed by atoms with Gasteiger partial charge in [-0.25, -0.2) is 4.39 Å². The molecule has 0 aliphatic carbocycles. The summed E-state index contributed by atoms with van der Waals surface area (Å²) in [4.78, 5) is 0. The first-order valence-electron chi connectivity index (χ1n) is 4.63. The van der Waals surface area contributed by atoms with Crippen LogP contribution < -0.4 is 11.5 Å². The molecule has 0 heterocycles. The van der Waals surface area contributed by atoms with E-state index in [9.17, 15) is 4.39 Å². The Balaban J connectivity index is 3.03. The maximum atomic E-state index is 12.9. The molecule has 0 radical (unpaired) electrons. The van der Waals surface area contributed by atoms with E-state index in [1.807, 2.05) is 20.8 Å². The molecule has 1 rings (SSSR count). The summed E-state index contributed by atoms with van der Waals surface area (Å²) in [5.74, 6) is -0.394. The smallest absolute Gasteiger partial charge is 0.146 e. The largest absolute Gasteiger partial charge is 0.396 e. The first-order valence-corrected chi connectivity index (χ1v) is 4.63. The number of nitrogens with two attached hydrogens (primary N) is 2. The van der Waals surface area contributed by atoms with Gasteiger partial charge in [-0.1, -0.05) is 26.8 Å². The molecule has 0 aromatic heterocycles. The van der Waals surface area contributed by atoms with Gasteiger partial charge in [0.1, 0.15) is 5.82 Å². The molecule has 0 bridgehead atoms. The van der Waals surface area contributed by atoms with Gasteiger partial charge in [-0.15, -0.1) is 0 Å². The summed E-state index contributed by atoms with van der Waals surface area (Å²) < 4.78 is 12.9. The lowest BCUT2D eigenvalue weighted by atomic mass is 9.83. The van der Waals surface area contributed by atoms with E-state index < -0.39 is 5.82 Å². The molecule has 4 N–H and O–H groups in total. The fourth-order valence-corrected chi connectivity index (χ4v) is 1.26. The second-order valence-corrected chi connectivity index (χ2v) is 4.62. The van der Waals surface area contributed by atoms with Gasteiger partial charge in [0.15, 0.2) is 0 Å². The van der Waals surface area contributed by atoms with Crippen molar-refractivity contribution < 1.29 is 4.39 Å². The minimum Gasteiger partial charge on any atom is -0.396 e. The lowest BCUT2D eigenvalue weighted by Crippen LogP contribution is -2.26. The molecule has 0 unspecified atom stereocenters. The minimum atomic E-state index is -0.394. The molecule has 3 heteroatoms. The van der Waals surface area contributed by atoms with Crippen LogP contribution in [0.15, 0.2) is 18.2 Å². The van der Waals surface area contributed by atoms with Crippen molar-refractivity contribution in [2.45, 2.75) is 26.8 Å². The maximum Gasteiger partial charge on any atom is 0.146 e. The van der Waals surface area contributed by atoms with Crippen molar-refractivity contribution >= 4 is 5.69 Å². The number of hydrogen-bond donors (Lipinski definition) is 2. The molecule has 0 aliphatic rings. The summed E-state index contributed by atoms with van der Waals surface area (Å²) in [7, 11) is 0. The maximum absolute atomic E-state index is 12.9. The van der Waals surface area contributed by atoms with Gasteiger partial charge in [-0.2, -0.15) is 0 Å². The molecule has 0 saturated carbocycles. The molecule has 14 heavy (non-hydrogen) atoms. The Morgan fingerprint density at radius 3 is 2.29 bits per heavy atom. The molecule has 1 aromatic rings. The molecule has 0 saturated heterocycles. The van der Waals surface area contributed by atoms with Crippen molar-refractivity contribution in [2.24, 2.45) is 11.1 Å². The highest BCUT2D eigenvalue weighted by Gasteiger charge is 2.22. The van der Waals surface area contributed by atoms with Crippen LogP contribution in [0, 0.1) is 11.2 Å². The van der Waals surface area contributed by atoms with Crippen molar-refractivity contribution in [3.63, 3.8) is 0 Å². The first kappa shape index (κ1) is 11.0. The summed E-state index contributed by atoms with van der Waals surface area (Å²) >= 11 is 0. The van der Waals surface area contributed by atoms with Crippen molar-refractivity contribution in [3.05, 3.63) is 29.6 Å². The number of hydrogen-bond acceptors (Lipinski definition) is 2. The van der Waals surface area contributed by atoms with Gasteiger partial charge in [-0.3, -0.25) is 0 Å². The highest BCUT2D eigenvalue weighted by molar-refractivity contribution is 5.43. The lowest BCUT2D eigenvalue weighted by Gasteiger charge is -2.27. The van der Waals surface area contributed by atoms with E-state index >= 15 is 0 Å². The Labute approximate surface area is 84.1 Å². The van der Waals surface area contributed by atoms with Gasteiger partial charge in [0.25, 0.3) is 0 Å². The van der Waals surface area contributed by atoms with Crippen molar-refractivity contribution in [1.29, 1.82) is 0 Å². The highest BCUT2D eigenvalue weighted by atomic mass is 19.1. The molecular formula is C11H17FN2. The van der Waals surface area contributed by atoms with Gasteiger partial charge in [0, 0.05) is 6.04 Å². The molecule has 0 aliphatic heterocycles. The van der Waals surface area contributed by atoms with Crippen LogP contribution in [0.3, 0.4) is 0 Å². The molecule has 0 fully saturated rings. The van der Waals surface area contributed by atoms with Crippen molar-refractivity contribution in [1.82, 2.24) is 0 Å². The van der Waals surface area contributed by atoms with E-state index in [1.54, 1.807) is 12.1 Å². The second-order valence-electron chi connectivity index (χ2n) is 4.62. The molecule has 1 aromatic carbocycles. The van der Waals surface area contributed by atoms with Crippen LogP contribution in [0.2, 0.25) is 0 Å². The number of rotatable bonds is 1. The van der Waals surface area contributed by atoms with Crippen LogP contribution in [-0.2, 0) is 0 Å². The van der Waals surface area contributed by atoms with Crippen LogP contribution in [0.4, 0.5) is 10.1 Å². The number of benzene rings is 1. The van der Waals surface area contributed by atoms with E-state index in [0.717, 1.165) is 5.56 Å². The highest BCUT2D eigenvalue weighted by Crippen LogP contribution is 2.31. The van der Waals surface area contributed by atoms with Crippen molar-refractivity contribution in [3.8, 4) is 0 Å². The van der Waals surface area contributed by atoms with Gasteiger partial charge < -0.3 is 11.5 Å². The van der Waals surface area contributed by atoms with Crippen LogP contribution in [0.1, 0.15) is 32.4 Å². The summed E-state index contributed by atoms with van der Waals surface area (Å²) in [5.41, 5.74) is 12.5. The summed E-state index contributed by atoms with van der Waals surface area (Å²) in [6, 6.07) is 4.51. The Hall–Kier alpha value is -1.09. The average Bonchev–Trinajstić information content (AvgIpc) is 2.07. The monoisotopic (exact) mass is 196 g/mol. The zero-order chi connectivity index (χ0) is 10.9. The third-order valence-corrected chi connectivity index (χ3v) is 2.31. The van der Waals surface area contributed by atoms with E-state index in [4.69, 9.17) is 11.5 Å². The normalized spacial score (nSPS) is 14.1. The van der Waals surface area contributed by atoms with Gasteiger partial charge in [0.05, 0.1) is 5.69 Å². The zero-order valence-electron chi connectivity index (χ0n) is 8.84. The topological polar surface area (TPSA) is 52.0 Å². The Kier molecular flexibility index (Phi) is 2.81. The molecule has 78 valence electrons. The van der Waals surface area contributed by atoms with Crippen LogP contribution in [0.5, 0.6) is 0 Å². The Morgan fingerprint density at radius 1 is 1.29 bits per heavy atom. The number of anilines is 1. The number of halogens is 1. The molecule has 0 amide bonds. The molecule has 2 nitrogen and oxygen atoms in total. The third kappa shape index (κ3) is 2.23. The summed E-state index contributed by atoms with van der Waals surface area (Å²) in [5, 5.41) is 0. The van der Waals surface area contributed by atoms with Crippen LogP contribution >= 0.6 is 0 Å². The fraction of sp³-hybridized carbons (Fsp3) is 0.455. The van der Waals surface area contributed by atoms with E-state index in [1.165, 1.54) is 6.07 Å².